The molecule has 5 heteroatoms. The molecule has 0 saturated carbocycles. The smallest absolute Gasteiger partial charge is 0.265 e. The fourth-order valence-corrected chi connectivity index (χ4v) is 2.88. The van der Waals surface area contributed by atoms with Gasteiger partial charge in [0.15, 0.2) is 17.6 Å². The van der Waals surface area contributed by atoms with E-state index in [1.807, 2.05) is 61.5 Å². The van der Waals surface area contributed by atoms with Crippen molar-refractivity contribution in [1.82, 2.24) is 0 Å². The molecule has 0 fully saturated rings. The molecule has 0 aromatic heterocycles. The van der Waals surface area contributed by atoms with Gasteiger partial charge in [0.05, 0.1) is 18.2 Å². The maximum atomic E-state index is 12.8. The summed E-state index contributed by atoms with van der Waals surface area (Å²) in [7, 11) is 0. The SMILES string of the molecule is CCOc1cc(C#N)ccc1O[C@@H](C)C(=O)Nc1ccccc1-c1ccccc1. The van der Waals surface area contributed by atoms with E-state index in [4.69, 9.17) is 14.7 Å². The molecule has 1 N–H and O–H groups in total. The predicted molar refractivity (Wildman–Crippen MR) is 113 cm³/mol. The van der Waals surface area contributed by atoms with Crippen LogP contribution in [0.25, 0.3) is 11.1 Å². The van der Waals surface area contributed by atoms with Crippen molar-refractivity contribution in [2.45, 2.75) is 20.0 Å². The number of hydrogen-bond acceptors (Lipinski definition) is 4. The normalized spacial score (nSPS) is 11.2. The molecule has 0 saturated heterocycles. The molecule has 0 bridgehead atoms. The van der Waals surface area contributed by atoms with Gasteiger partial charge in [0.2, 0.25) is 0 Å². The van der Waals surface area contributed by atoms with Gasteiger partial charge in [-0.2, -0.15) is 5.26 Å². The summed E-state index contributed by atoms with van der Waals surface area (Å²) in [5, 5.41) is 12.0. The lowest BCUT2D eigenvalue weighted by Gasteiger charge is -2.18. The van der Waals surface area contributed by atoms with Crippen molar-refractivity contribution < 1.29 is 14.3 Å². The van der Waals surface area contributed by atoms with Gasteiger partial charge in [-0.1, -0.05) is 48.5 Å². The van der Waals surface area contributed by atoms with E-state index in [0.29, 0.717) is 29.4 Å². The number of nitrogens with zero attached hydrogens (tertiary/aromatic N) is 1. The van der Waals surface area contributed by atoms with Gasteiger partial charge in [0, 0.05) is 17.3 Å². The zero-order chi connectivity index (χ0) is 20.6. The number of carbonyl (C=O) groups is 1. The zero-order valence-electron chi connectivity index (χ0n) is 16.4. The summed E-state index contributed by atoms with van der Waals surface area (Å²) >= 11 is 0. The second-order valence-corrected chi connectivity index (χ2v) is 6.37. The van der Waals surface area contributed by atoms with E-state index in [1.54, 1.807) is 25.1 Å². The fourth-order valence-electron chi connectivity index (χ4n) is 2.88. The van der Waals surface area contributed by atoms with Gasteiger partial charge >= 0.3 is 0 Å². The molecular formula is C24H22N2O3. The van der Waals surface area contributed by atoms with Crippen LogP contribution in [0, 0.1) is 11.3 Å². The number of benzene rings is 3. The van der Waals surface area contributed by atoms with Crippen LogP contribution in [0.2, 0.25) is 0 Å². The molecule has 0 aliphatic heterocycles. The third-order valence-electron chi connectivity index (χ3n) is 4.32. The van der Waals surface area contributed by atoms with Crippen LogP contribution in [0.1, 0.15) is 19.4 Å². The number of anilines is 1. The van der Waals surface area contributed by atoms with Crippen molar-refractivity contribution >= 4 is 11.6 Å². The number of para-hydroxylation sites is 1. The largest absolute Gasteiger partial charge is 0.490 e. The lowest BCUT2D eigenvalue weighted by molar-refractivity contribution is -0.122. The number of hydrogen-bond donors (Lipinski definition) is 1. The Morgan fingerprint density at radius 2 is 1.76 bits per heavy atom. The Morgan fingerprint density at radius 3 is 2.48 bits per heavy atom. The van der Waals surface area contributed by atoms with E-state index in [2.05, 4.69) is 11.4 Å². The Bertz CT molecular complexity index is 1030. The molecule has 0 unspecified atom stereocenters. The molecular weight excluding hydrogens is 364 g/mol. The summed E-state index contributed by atoms with van der Waals surface area (Å²) in [4.78, 5) is 12.8. The fraction of sp³-hybridized carbons (Fsp3) is 0.167. The van der Waals surface area contributed by atoms with Crippen molar-refractivity contribution in [3.63, 3.8) is 0 Å². The van der Waals surface area contributed by atoms with Crippen molar-refractivity contribution in [3.8, 4) is 28.7 Å². The summed E-state index contributed by atoms with van der Waals surface area (Å²) in [5.41, 5.74) is 3.13. The molecule has 29 heavy (non-hydrogen) atoms. The van der Waals surface area contributed by atoms with Crippen LogP contribution in [0.4, 0.5) is 5.69 Å². The summed E-state index contributed by atoms with van der Waals surface area (Å²) in [5.74, 6) is 0.584. The highest BCUT2D eigenvalue weighted by Crippen LogP contribution is 2.30. The molecule has 0 aliphatic carbocycles. The molecule has 5 nitrogen and oxygen atoms in total. The zero-order valence-corrected chi connectivity index (χ0v) is 16.4. The Balaban J connectivity index is 1.77. The van der Waals surface area contributed by atoms with Gasteiger partial charge in [-0.15, -0.1) is 0 Å². The molecule has 3 aromatic rings. The first-order valence-electron chi connectivity index (χ1n) is 9.41. The maximum Gasteiger partial charge on any atom is 0.265 e. The van der Waals surface area contributed by atoms with E-state index in [-0.39, 0.29) is 5.91 Å². The standard InChI is InChI=1S/C24H22N2O3/c1-3-28-23-15-18(16-25)13-14-22(23)29-17(2)24(27)26-21-12-8-7-11-20(21)19-9-5-4-6-10-19/h4-15,17H,3H2,1-2H3,(H,26,27)/t17-/m0/s1. The van der Waals surface area contributed by atoms with Gasteiger partial charge in [-0.05, 0) is 37.6 Å². The number of rotatable bonds is 7. The number of carbonyl (C=O) groups excluding carboxylic acids is 1. The van der Waals surface area contributed by atoms with E-state index in [0.717, 1.165) is 11.1 Å². The van der Waals surface area contributed by atoms with Gasteiger partial charge in [-0.25, -0.2) is 0 Å². The summed E-state index contributed by atoms with van der Waals surface area (Å²) in [6.07, 6.45) is -0.758. The highest BCUT2D eigenvalue weighted by molar-refractivity contribution is 5.98. The highest BCUT2D eigenvalue weighted by atomic mass is 16.5. The first-order chi connectivity index (χ1) is 14.1. The lowest BCUT2D eigenvalue weighted by atomic mass is 10.0. The maximum absolute atomic E-state index is 12.8. The predicted octanol–water partition coefficient (Wildman–Crippen LogP) is 5.03. The molecule has 0 radical (unpaired) electrons. The molecule has 146 valence electrons. The lowest BCUT2D eigenvalue weighted by Crippen LogP contribution is -2.30. The van der Waals surface area contributed by atoms with Crippen molar-refractivity contribution in [2.24, 2.45) is 0 Å². The van der Waals surface area contributed by atoms with Crippen LogP contribution < -0.4 is 14.8 Å². The van der Waals surface area contributed by atoms with Crippen LogP contribution in [0.3, 0.4) is 0 Å². The van der Waals surface area contributed by atoms with Crippen molar-refractivity contribution in [3.05, 3.63) is 78.4 Å². The van der Waals surface area contributed by atoms with Gasteiger partial charge < -0.3 is 14.8 Å². The summed E-state index contributed by atoms with van der Waals surface area (Å²) in [6, 6.07) is 24.4. The van der Waals surface area contributed by atoms with Gasteiger partial charge in [-0.3, -0.25) is 4.79 Å². The second kappa shape index (κ2) is 9.43. The molecule has 0 heterocycles. The van der Waals surface area contributed by atoms with Crippen LogP contribution in [0.5, 0.6) is 11.5 Å². The first kappa shape index (κ1) is 20.0. The Kier molecular flexibility index (Phi) is 6.49. The van der Waals surface area contributed by atoms with Gasteiger partial charge in [0.1, 0.15) is 0 Å². The molecule has 3 aromatic carbocycles. The van der Waals surface area contributed by atoms with Gasteiger partial charge in [0.25, 0.3) is 5.91 Å². The quantitative estimate of drug-likeness (QED) is 0.618. The molecule has 1 atom stereocenters. The second-order valence-electron chi connectivity index (χ2n) is 6.37. The Morgan fingerprint density at radius 1 is 1.03 bits per heavy atom. The molecule has 3 rings (SSSR count). The van der Waals surface area contributed by atoms with Crippen LogP contribution in [-0.2, 0) is 4.79 Å². The molecule has 1 amide bonds. The number of ether oxygens (including phenoxy) is 2. The highest BCUT2D eigenvalue weighted by Gasteiger charge is 2.19. The van der Waals surface area contributed by atoms with E-state index in [9.17, 15) is 4.79 Å². The number of nitriles is 1. The van der Waals surface area contributed by atoms with Crippen LogP contribution in [0.15, 0.2) is 72.8 Å². The number of nitrogens with one attached hydrogen (secondary N) is 1. The van der Waals surface area contributed by atoms with E-state index < -0.39 is 6.10 Å². The first-order valence-corrected chi connectivity index (χ1v) is 9.41. The number of amides is 1. The van der Waals surface area contributed by atoms with E-state index >= 15 is 0 Å². The summed E-state index contributed by atoms with van der Waals surface area (Å²) in [6.45, 7) is 3.95. The Hall–Kier alpha value is -3.78. The van der Waals surface area contributed by atoms with E-state index in [1.165, 1.54) is 0 Å². The third kappa shape index (κ3) is 4.94. The third-order valence-corrected chi connectivity index (χ3v) is 4.32. The summed E-state index contributed by atoms with van der Waals surface area (Å²) < 4.78 is 11.4. The minimum Gasteiger partial charge on any atom is -0.490 e. The molecule has 0 spiro atoms. The van der Waals surface area contributed by atoms with Crippen molar-refractivity contribution in [2.75, 3.05) is 11.9 Å². The molecule has 0 aliphatic rings. The minimum absolute atomic E-state index is 0.278. The van der Waals surface area contributed by atoms with Crippen molar-refractivity contribution in [1.29, 1.82) is 5.26 Å². The average molecular weight is 386 g/mol. The Labute approximate surface area is 170 Å². The topological polar surface area (TPSA) is 71.3 Å². The average Bonchev–Trinajstić information content (AvgIpc) is 2.76. The van der Waals surface area contributed by atoms with Crippen LogP contribution >= 0.6 is 0 Å². The van der Waals surface area contributed by atoms with Crippen LogP contribution in [-0.4, -0.2) is 18.6 Å². The monoisotopic (exact) mass is 386 g/mol. The minimum atomic E-state index is -0.758.